The van der Waals surface area contributed by atoms with Crippen molar-refractivity contribution >= 4 is 0 Å². The average Bonchev–Trinajstić information content (AvgIpc) is 2.28. The van der Waals surface area contributed by atoms with Gasteiger partial charge in [-0.2, -0.15) is 0 Å². The second kappa shape index (κ2) is 3.76. The summed E-state index contributed by atoms with van der Waals surface area (Å²) in [5.74, 6) is 1.87. The third-order valence-corrected chi connectivity index (χ3v) is 2.13. The maximum atomic E-state index is 4.60. The molecule has 0 aliphatic rings. The van der Waals surface area contributed by atoms with Gasteiger partial charge in [-0.25, -0.2) is 4.98 Å². The fraction of sp³-hybridized carbons (Fsp3) is 0.750. The average molecular weight is 194 g/mol. The zero-order valence-corrected chi connectivity index (χ0v) is 10.3. The second-order valence-corrected chi connectivity index (χ2v) is 5.50. The third-order valence-electron chi connectivity index (χ3n) is 2.13. The fourth-order valence-electron chi connectivity index (χ4n) is 1.68. The van der Waals surface area contributed by atoms with Crippen molar-refractivity contribution in [3.8, 4) is 0 Å². The number of rotatable bonds is 2. The maximum Gasteiger partial charge on any atom is 0.114 e. The predicted octanol–water partition coefficient (Wildman–Crippen LogP) is 3.15. The number of aryl methyl sites for hydroxylation is 1. The van der Waals surface area contributed by atoms with Crippen molar-refractivity contribution < 1.29 is 0 Å². The van der Waals surface area contributed by atoms with Gasteiger partial charge < -0.3 is 4.57 Å². The Morgan fingerprint density at radius 3 is 2.36 bits per heavy atom. The van der Waals surface area contributed by atoms with Crippen molar-refractivity contribution in [2.24, 2.45) is 5.92 Å². The monoisotopic (exact) mass is 194 g/mol. The number of hydrogen-bond donors (Lipinski definition) is 0. The van der Waals surface area contributed by atoms with Crippen molar-refractivity contribution in [3.63, 3.8) is 0 Å². The first-order valence-electron chi connectivity index (χ1n) is 5.35. The molecule has 2 heteroatoms. The lowest BCUT2D eigenvalue weighted by Crippen LogP contribution is -2.20. The van der Waals surface area contributed by atoms with Crippen molar-refractivity contribution in [2.45, 2.75) is 53.5 Å². The van der Waals surface area contributed by atoms with E-state index >= 15 is 0 Å². The van der Waals surface area contributed by atoms with Crippen LogP contribution in [0.5, 0.6) is 0 Å². The normalized spacial score (nSPS) is 12.5. The number of hydrogen-bond acceptors (Lipinski definition) is 1. The smallest absolute Gasteiger partial charge is 0.114 e. The molecule has 0 spiro atoms. The summed E-state index contributed by atoms with van der Waals surface area (Å²) in [5.41, 5.74) is 1.26. The molecular formula is C12H22N2. The highest BCUT2D eigenvalue weighted by atomic mass is 15.1. The van der Waals surface area contributed by atoms with Crippen molar-refractivity contribution in [1.82, 2.24) is 9.55 Å². The molecular weight excluding hydrogens is 172 g/mol. The van der Waals surface area contributed by atoms with Gasteiger partial charge in [-0.15, -0.1) is 0 Å². The largest absolute Gasteiger partial charge is 0.334 e. The summed E-state index contributed by atoms with van der Waals surface area (Å²) in [4.78, 5) is 4.60. The molecule has 0 unspecified atom stereocenters. The van der Waals surface area contributed by atoms with Crippen LogP contribution in [-0.4, -0.2) is 9.55 Å². The van der Waals surface area contributed by atoms with E-state index in [2.05, 4.69) is 57.3 Å². The molecule has 2 nitrogen and oxygen atoms in total. The second-order valence-electron chi connectivity index (χ2n) is 5.50. The summed E-state index contributed by atoms with van der Waals surface area (Å²) in [6, 6.07) is 0. The minimum Gasteiger partial charge on any atom is -0.334 e. The Balaban J connectivity index is 3.03. The van der Waals surface area contributed by atoms with Crippen LogP contribution in [0.25, 0.3) is 0 Å². The van der Waals surface area contributed by atoms with E-state index in [4.69, 9.17) is 0 Å². The van der Waals surface area contributed by atoms with Crippen LogP contribution in [0.4, 0.5) is 0 Å². The summed E-state index contributed by atoms with van der Waals surface area (Å²) in [6.07, 6.45) is 2.15. The first-order valence-corrected chi connectivity index (χ1v) is 5.35. The van der Waals surface area contributed by atoms with Gasteiger partial charge in [-0.1, -0.05) is 34.6 Å². The molecule has 0 saturated carbocycles. The summed E-state index contributed by atoms with van der Waals surface area (Å²) in [7, 11) is 0. The van der Waals surface area contributed by atoms with Gasteiger partial charge in [-0.05, 0) is 12.8 Å². The molecule has 0 atom stereocenters. The van der Waals surface area contributed by atoms with Crippen LogP contribution in [-0.2, 0) is 12.0 Å². The van der Waals surface area contributed by atoms with Crippen LogP contribution < -0.4 is 0 Å². The van der Waals surface area contributed by atoms with E-state index < -0.39 is 0 Å². The van der Waals surface area contributed by atoms with E-state index in [1.165, 1.54) is 5.82 Å². The number of aromatic nitrogens is 2. The molecule has 14 heavy (non-hydrogen) atoms. The molecule has 0 aliphatic carbocycles. The number of nitrogens with zero attached hydrogens (tertiary/aromatic N) is 2. The molecule has 0 fully saturated rings. The molecule has 1 aromatic rings. The Bertz CT molecular complexity index is 303. The number of imidazole rings is 1. The van der Waals surface area contributed by atoms with Gasteiger partial charge in [0, 0.05) is 18.2 Å². The molecule has 1 aromatic heterocycles. The van der Waals surface area contributed by atoms with Crippen molar-refractivity contribution in [3.05, 3.63) is 17.7 Å². The quantitative estimate of drug-likeness (QED) is 0.707. The van der Waals surface area contributed by atoms with Gasteiger partial charge in [0.05, 0.1) is 5.69 Å². The van der Waals surface area contributed by atoms with Gasteiger partial charge in [0.25, 0.3) is 0 Å². The summed E-state index contributed by atoms with van der Waals surface area (Å²) >= 11 is 0. The van der Waals surface area contributed by atoms with Crippen LogP contribution in [0.1, 0.15) is 46.1 Å². The maximum absolute atomic E-state index is 4.60. The lowest BCUT2D eigenvalue weighted by molar-refractivity contribution is 0.451. The van der Waals surface area contributed by atoms with Gasteiger partial charge >= 0.3 is 0 Å². The van der Waals surface area contributed by atoms with Gasteiger partial charge in [0.2, 0.25) is 0 Å². The lowest BCUT2D eigenvalue weighted by atomic mass is 9.95. The van der Waals surface area contributed by atoms with Gasteiger partial charge in [0.15, 0.2) is 0 Å². The Hall–Kier alpha value is -0.790. The minimum atomic E-state index is 0.142. The Morgan fingerprint density at radius 1 is 1.36 bits per heavy atom. The van der Waals surface area contributed by atoms with Crippen molar-refractivity contribution in [2.75, 3.05) is 0 Å². The van der Waals surface area contributed by atoms with E-state index in [0.29, 0.717) is 5.92 Å². The highest BCUT2D eigenvalue weighted by Gasteiger charge is 2.20. The molecule has 0 aromatic carbocycles. The minimum absolute atomic E-state index is 0.142. The van der Waals surface area contributed by atoms with Crippen molar-refractivity contribution in [1.29, 1.82) is 0 Å². The van der Waals surface area contributed by atoms with E-state index in [1.54, 1.807) is 0 Å². The van der Waals surface area contributed by atoms with E-state index in [1.807, 2.05) is 0 Å². The lowest BCUT2D eigenvalue weighted by Gasteiger charge is -2.20. The van der Waals surface area contributed by atoms with E-state index in [-0.39, 0.29) is 5.41 Å². The fourth-order valence-corrected chi connectivity index (χ4v) is 1.68. The molecule has 0 N–H and O–H groups in total. The van der Waals surface area contributed by atoms with Gasteiger partial charge in [0.1, 0.15) is 5.82 Å². The van der Waals surface area contributed by atoms with Crippen LogP contribution in [0.15, 0.2) is 6.20 Å². The van der Waals surface area contributed by atoms with Gasteiger partial charge in [-0.3, -0.25) is 0 Å². The molecule has 0 aliphatic heterocycles. The Labute approximate surface area is 87.4 Å². The van der Waals surface area contributed by atoms with Crippen LogP contribution in [0.2, 0.25) is 0 Å². The molecule has 0 bridgehead atoms. The highest BCUT2D eigenvalue weighted by Crippen LogP contribution is 2.22. The summed E-state index contributed by atoms with van der Waals surface area (Å²) < 4.78 is 2.29. The topological polar surface area (TPSA) is 17.8 Å². The van der Waals surface area contributed by atoms with Crippen LogP contribution in [0, 0.1) is 12.8 Å². The van der Waals surface area contributed by atoms with E-state index in [9.17, 15) is 0 Å². The molecule has 0 saturated heterocycles. The zero-order valence-electron chi connectivity index (χ0n) is 10.3. The third kappa shape index (κ3) is 2.60. The van der Waals surface area contributed by atoms with Crippen LogP contribution in [0.3, 0.4) is 0 Å². The SMILES string of the molecule is Cc1cn(CC(C)C)c(C(C)(C)C)n1. The summed E-state index contributed by atoms with van der Waals surface area (Å²) in [6.45, 7) is 14.2. The predicted molar refractivity (Wildman–Crippen MR) is 60.5 cm³/mol. The van der Waals surface area contributed by atoms with E-state index in [0.717, 1.165) is 12.2 Å². The molecule has 1 rings (SSSR count). The molecule has 0 radical (unpaired) electrons. The standard InChI is InChI=1S/C12H22N2/c1-9(2)7-14-8-10(3)13-11(14)12(4,5)6/h8-9H,7H2,1-6H3. The Morgan fingerprint density at radius 2 is 1.93 bits per heavy atom. The van der Waals surface area contributed by atoms with Crippen LogP contribution >= 0.6 is 0 Å². The zero-order chi connectivity index (χ0) is 10.9. The summed E-state index contributed by atoms with van der Waals surface area (Å²) in [5, 5.41) is 0. The Kier molecular flexibility index (Phi) is 3.03. The molecule has 1 heterocycles. The first-order chi connectivity index (χ1) is 6.30. The molecule has 80 valence electrons. The molecule has 0 amide bonds. The first kappa shape index (κ1) is 11.3. The highest BCUT2D eigenvalue weighted by molar-refractivity contribution is 5.10.